The predicted molar refractivity (Wildman–Crippen MR) is 197 cm³/mol. The maximum absolute atomic E-state index is 12.5. The van der Waals surface area contributed by atoms with E-state index >= 15 is 0 Å². The molecule has 0 aliphatic carbocycles. The highest BCUT2D eigenvalue weighted by atomic mass is 31.2. The standard InChI is InChI=1S/C38H74NO7P/c1-3-5-7-9-11-13-15-16-17-18-19-20-21-23-25-27-29-31-38(40)46-37(36-45-47(41,42)44-34-32-39)35-43-33-30-28-26-24-22-14-12-10-8-6-4-2/h11,13,16-17,37H,3-10,12,14-15,18-36,39H2,1-2H3,(H,41,42)/b13-11-,17-16-. The van der Waals surface area contributed by atoms with E-state index in [-0.39, 0.29) is 32.3 Å². The summed E-state index contributed by atoms with van der Waals surface area (Å²) in [6.45, 7) is 4.89. The van der Waals surface area contributed by atoms with Crippen molar-refractivity contribution in [3.63, 3.8) is 0 Å². The minimum Gasteiger partial charge on any atom is -0.457 e. The molecule has 0 amide bonds. The van der Waals surface area contributed by atoms with E-state index in [1.165, 1.54) is 109 Å². The maximum Gasteiger partial charge on any atom is 0.472 e. The number of rotatable bonds is 37. The Kier molecular flexibility index (Phi) is 35.5. The fourth-order valence-corrected chi connectivity index (χ4v) is 6.03. The molecule has 0 aromatic heterocycles. The zero-order chi connectivity index (χ0) is 34.5. The molecular weight excluding hydrogens is 613 g/mol. The Balaban J connectivity index is 4.07. The summed E-state index contributed by atoms with van der Waals surface area (Å²) in [7, 11) is -4.27. The normalized spacial score (nSPS) is 13.9. The van der Waals surface area contributed by atoms with Crippen molar-refractivity contribution in [1.82, 2.24) is 0 Å². The van der Waals surface area contributed by atoms with Gasteiger partial charge in [-0.1, -0.05) is 147 Å². The van der Waals surface area contributed by atoms with Gasteiger partial charge in [-0.2, -0.15) is 0 Å². The van der Waals surface area contributed by atoms with Gasteiger partial charge < -0.3 is 20.1 Å². The van der Waals surface area contributed by atoms with E-state index in [0.29, 0.717) is 13.0 Å². The molecule has 0 aromatic carbocycles. The van der Waals surface area contributed by atoms with Crippen molar-refractivity contribution in [2.24, 2.45) is 5.73 Å². The lowest BCUT2D eigenvalue weighted by atomic mass is 10.1. The first-order chi connectivity index (χ1) is 22.9. The fraction of sp³-hybridized carbons (Fsp3) is 0.868. The molecule has 0 bridgehead atoms. The molecule has 0 spiro atoms. The van der Waals surface area contributed by atoms with E-state index < -0.39 is 13.9 Å². The Bertz CT molecular complexity index is 777. The third-order valence-electron chi connectivity index (χ3n) is 8.12. The van der Waals surface area contributed by atoms with Crippen LogP contribution in [0.4, 0.5) is 0 Å². The van der Waals surface area contributed by atoms with Crippen LogP contribution in [0.2, 0.25) is 0 Å². The van der Waals surface area contributed by atoms with Gasteiger partial charge in [0.15, 0.2) is 0 Å². The van der Waals surface area contributed by atoms with Gasteiger partial charge in [-0.25, -0.2) is 4.57 Å². The lowest BCUT2D eigenvalue weighted by Gasteiger charge is -2.20. The van der Waals surface area contributed by atoms with E-state index in [1.807, 2.05) is 0 Å². The lowest BCUT2D eigenvalue weighted by molar-refractivity contribution is -0.154. The summed E-state index contributed by atoms with van der Waals surface area (Å²) in [6.07, 6.45) is 37.5. The highest BCUT2D eigenvalue weighted by Crippen LogP contribution is 2.43. The minimum atomic E-state index is -4.27. The van der Waals surface area contributed by atoms with Gasteiger partial charge >= 0.3 is 13.8 Å². The van der Waals surface area contributed by atoms with E-state index in [1.54, 1.807) is 0 Å². The van der Waals surface area contributed by atoms with E-state index in [9.17, 15) is 14.3 Å². The van der Waals surface area contributed by atoms with E-state index in [4.69, 9.17) is 24.3 Å². The first kappa shape index (κ1) is 46.0. The van der Waals surface area contributed by atoms with Crippen molar-refractivity contribution >= 4 is 13.8 Å². The first-order valence-corrected chi connectivity index (χ1v) is 20.8. The first-order valence-electron chi connectivity index (χ1n) is 19.3. The van der Waals surface area contributed by atoms with Crippen molar-refractivity contribution in [2.75, 3.05) is 33.0 Å². The summed E-state index contributed by atoms with van der Waals surface area (Å²) >= 11 is 0. The molecular formula is C38H74NO7P. The van der Waals surface area contributed by atoms with Crippen molar-refractivity contribution < 1.29 is 32.8 Å². The second-order valence-corrected chi connectivity index (χ2v) is 14.2. The van der Waals surface area contributed by atoms with Crippen LogP contribution in [0.3, 0.4) is 0 Å². The quantitative estimate of drug-likeness (QED) is 0.0287. The maximum atomic E-state index is 12.5. The molecule has 0 saturated heterocycles. The molecule has 0 aromatic rings. The second-order valence-electron chi connectivity index (χ2n) is 12.8. The lowest BCUT2D eigenvalue weighted by Crippen LogP contribution is -2.28. The van der Waals surface area contributed by atoms with Gasteiger partial charge in [0.1, 0.15) is 6.10 Å². The number of carbonyl (C=O) groups is 1. The summed E-state index contributed by atoms with van der Waals surface area (Å²) in [5.41, 5.74) is 5.35. The zero-order valence-corrected chi connectivity index (χ0v) is 31.4. The number of hydrogen-bond donors (Lipinski definition) is 2. The minimum absolute atomic E-state index is 0.0955. The number of phosphoric acid groups is 1. The average Bonchev–Trinajstić information content (AvgIpc) is 3.06. The average molecular weight is 688 g/mol. The van der Waals surface area contributed by atoms with Crippen LogP contribution in [-0.4, -0.2) is 49.9 Å². The summed E-state index contributed by atoms with van der Waals surface area (Å²) in [5.74, 6) is -0.338. The van der Waals surface area contributed by atoms with Crippen LogP contribution in [0.15, 0.2) is 24.3 Å². The number of allylic oxidation sites excluding steroid dienone is 4. The van der Waals surface area contributed by atoms with Crippen LogP contribution in [0.5, 0.6) is 0 Å². The molecule has 2 unspecified atom stereocenters. The van der Waals surface area contributed by atoms with Crippen molar-refractivity contribution in [3.8, 4) is 0 Å². The van der Waals surface area contributed by atoms with Crippen LogP contribution in [0, 0.1) is 0 Å². The van der Waals surface area contributed by atoms with Crippen LogP contribution in [-0.2, 0) is 27.9 Å². The number of unbranched alkanes of at least 4 members (excludes halogenated alkanes) is 20. The van der Waals surface area contributed by atoms with Gasteiger partial charge in [-0.15, -0.1) is 0 Å². The van der Waals surface area contributed by atoms with Gasteiger partial charge in [0.05, 0.1) is 19.8 Å². The molecule has 0 heterocycles. The second kappa shape index (κ2) is 36.3. The van der Waals surface area contributed by atoms with Crippen molar-refractivity contribution in [3.05, 3.63) is 24.3 Å². The molecule has 3 N–H and O–H groups in total. The van der Waals surface area contributed by atoms with Crippen LogP contribution in [0.1, 0.15) is 174 Å². The summed E-state index contributed by atoms with van der Waals surface area (Å²) in [4.78, 5) is 22.4. The molecule has 0 rings (SSSR count). The molecule has 0 saturated carbocycles. The molecule has 0 aliphatic rings. The SMILES string of the molecule is CCCCC/C=C\C/C=C\CCCCCCCCCC(=O)OC(COCCCCCCCCCCCCC)COP(=O)(O)OCCN. The Hall–Kier alpha value is -1.02. The molecule has 2 atom stereocenters. The predicted octanol–water partition coefficient (Wildman–Crippen LogP) is 10.9. The number of hydrogen-bond acceptors (Lipinski definition) is 7. The van der Waals surface area contributed by atoms with E-state index in [0.717, 1.165) is 44.9 Å². The molecule has 0 fully saturated rings. The number of ether oxygens (including phenoxy) is 2. The van der Waals surface area contributed by atoms with Gasteiger partial charge in [-0.05, 0) is 44.9 Å². The number of phosphoric ester groups is 1. The Labute approximate surface area is 289 Å². The molecule has 47 heavy (non-hydrogen) atoms. The number of nitrogens with two attached hydrogens (primary N) is 1. The van der Waals surface area contributed by atoms with E-state index in [2.05, 4.69) is 38.2 Å². The summed E-state index contributed by atoms with van der Waals surface area (Å²) < 4.78 is 33.3. The monoisotopic (exact) mass is 688 g/mol. The smallest absolute Gasteiger partial charge is 0.457 e. The molecule has 9 heteroatoms. The Morgan fingerprint density at radius 2 is 1.13 bits per heavy atom. The molecule has 278 valence electrons. The highest BCUT2D eigenvalue weighted by Gasteiger charge is 2.25. The third kappa shape index (κ3) is 36.1. The summed E-state index contributed by atoms with van der Waals surface area (Å²) in [6, 6.07) is 0. The topological polar surface area (TPSA) is 117 Å². The van der Waals surface area contributed by atoms with Crippen LogP contribution in [0.25, 0.3) is 0 Å². The molecule has 8 nitrogen and oxygen atoms in total. The number of esters is 1. The Morgan fingerprint density at radius 3 is 1.70 bits per heavy atom. The van der Waals surface area contributed by atoms with Crippen molar-refractivity contribution in [1.29, 1.82) is 0 Å². The van der Waals surface area contributed by atoms with Crippen molar-refractivity contribution in [2.45, 2.75) is 180 Å². The van der Waals surface area contributed by atoms with Gasteiger partial charge in [-0.3, -0.25) is 13.8 Å². The number of carbonyl (C=O) groups excluding carboxylic acids is 1. The third-order valence-corrected chi connectivity index (χ3v) is 9.11. The molecule has 0 aliphatic heterocycles. The van der Waals surface area contributed by atoms with Gasteiger partial charge in [0.25, 0.3) is 0 Å². The zero-order valence-electron chi connectivity index (χ0n) is 30.5. The fourth-order valence-electron chi connectivity index (χ4n) is 5.26. The van der Waals surface area contributed by atoms with Crippen LogP contribution >= 0.6 is 7.82 Å². The Morgan fingerprint density at radius 1 is 0.638 bits per heavy atom. The van der Waals surface area contributed by atoms with Gasteiger partial charge in [0, 0.05) is 19.6 Å². The highest BCUT2D eigenvalue weighted by molar-refractivity contribution is 7.47. The van der Waals surface area contributed by atoms with Crippen LogP contribution < -0.4 is 5.73 Å². The summed E-state index contributed by atoms with van der Waals surface area (Å²) in [5, 5.41) is 0. The largest absolute Gasteiger partial charge is 0.472 e. The van der Waals surface area contributed by atoms with Gasteiger partial charge in [0.2, 0.25) is 0 Å². The molecule has 0 radical (unpaired) electrons.